The third-order valence-electron chi connectivity index (χ3n) is 3.59. The van der Waals surface area contributed by atoms with Crippen molar-refractivity contribution in [3.63, 3.8) is 0 Å². The number of hydrogen-bond acceptors (Lipinski definition) is 4. The highest BCUT2D eigenvalue weighted by atomic mass is 32.2. The Morgan fingerprint density at radius 2 is 1.33 bits per heavy atom. The number of rotatable bonds is 5. The smallest absolute Gasteiger partial charge is 0.339 e. The molecule has 0 spiro atoms. The fraction of sp³-hybridized carbons (Fsp3) is 0.0526. The van der Waals surface area contributed by atoms with E-state index in [1.165, 1.54) is 18.2 Å². The van der Waals surface area contributed by atoms with E-state index in [0.29, 0.717) is 5.56 Å². The molecule has 0 aliphatic heterocycles. The maximum Gasteiger partial charge on any atom is 0.339 e. The van der Waals surface area contributed by atoms with Crippen molar-refractivity contribution in [2.24, 2.45) is 0 Å². The van der Waals surface area contributed by atoms with Gasteiger partial charge in [-0.05, 0) is 29.3 Å². The number of aliphatic hydroxyl groups excluding tert-OH is 1. The second-order valence-corrected chi connectivity index (χ2v) is 6.74. The Morgan fingerprint density at radius 3 is 2.00 bits per heavy atom. The summed E-state index contributed by atoms with van der Waals surface area (Å²) in [5.74, 6) is 0.132. The molecule has 4 nitrogen and oxygen atoms in total. The average molecular weight is 340 g/mol. The van der Waals surface area contributed by atoms with Crippen LogP contribution < -0.4 is 4.18 Å². The monoisotopic (exact) mass is 340 g/mol. The minimum Gasteiger partial charge on any atom is -0.392 e. The fourth-order valence-corrected chi connectivity index (χ4v) is 3.29. The number of aliphatic hydroxyl groups is 1. The van der Waals surface area contributed by atoms with E-state index in [0.717, 1.165) is 11.1 Å². The second kappa shape index (κ2) is 6.86. The van der Waals surface area contributed by atoms with Crippen LogP contribution in [0, 0.1) is 0 Å². The molecule has 3 aromatic carbocycles. The van der Waals surface area contributed by atoms with E-state index in [1.807, 2.05) is 30.3 Å². The van der Waals surface area contributed by atoms with Gasteiger partial charge in [-0.2, -0.15) is 8.42 Å². The van der Waals surface area contributed by atoms with Crippen LogP contribution in [-0.4, -0.2) is 13.5 Å². The highest BCUT2D eigenvalue weighted by molar-refractivity contribution is 7.87. The van der Waals surface area contributed by atoms with E-state index in [-0.39, 0.29) is 17.3 Å². The van der Waals surface area contributed by atoms with Gasteiger partial charge < -0.3 is 9.29 Å². The zero-order valence-electron chi connectivity index (χ0n) is 12.8. The van der Waals surface area contributed by atoms with Gasteiger partial charge in [0.05, 0.1) is 6.61 Å². The predicted octanol–water partition coefficient (Wildman–Crippen LogP) is 3.61. The Bertz CT molecular complexity index is 917. The van der Waals surface area contributed by atoms with E-state index < -0.39 is 10.1 Å². The summed E-state index contributed by atoms with van der Waals surface area (Å²) in [4.78, 5) is 0.0647. The lowest BCUT2D eigenvalue weighted by atomic mass is 10.1. The van der Waals surface area contributed by atoms with E-state index in [1.54, 1.807) is 30.3 Å². The highest BCUT2D eigenvalue weighted by Gasteiger charge is 2.18. The van der Waals surface area contributed by atoms with Crippen molar-refractivity contribution in [1.29, 1.82) is 0 Å². The van der Waals surface area contributed by atoms with Gasteiger partial charge in [-0.3, -0.25) is 0 Å². The first-order valence-electron chi connectivity index (χ1n) is 7.39. The van der Waals surface area contributed by atoms with Crippen LogP contribution in [0.3, 0.4) is 0 Å². The number of benzene rings is 3. The third-order valence-corrected chi connectivity index (χ3v) is 4.84. The molecule has 0 amide bonds. The molecule has 0 bridgehead atoms. The van der Waals surface area contributed by atoms with E-state index in [2.05, 4.69) is 0 Å². The predicted molar refractivity (Wildman–Crippen MR) is 92.1 cm³/mol. The lowest BCUT2D eigenvalue weighted by Gasteiger charge is -2.10. The lowest BCUT2D eigenvalue weighted by molar-refractivity contribution is 0.278. The Balaban J connectivity index is 1.88. The molecule has 3 aromatic rings. The van der Waals surface area contributed by atoms with Gasteiger partial charge in [0.25, 0.3) is 0 Å². The zero-order chi connectivity index (χ0) is 17.0. The molecule has 0 saturated carbocycles. The molecule has 122 valence electrons. The normalized spacial score (nSPS) is 11.2. The van der Waals surface area contributed by atoms with Crippen LogP contribution in [0.2, 0.25) is 0 Å². The summed E-state index contributed by atoms with van der Waals surface area (Å²) in [6.07, 6.45) is 0. The van der Waals surface area contributed by atoms with Gasteiger partial charge in [-0.25, -0.2) is 0 Å². The minimum atomic E-state index is -3.96. The van der Waals surface area contributed by atoms with Gasteiger partial charge in [-0.1, -0.05) is 60.7 Å². The molecule has 0 unspecified atom stereocenters. The molecule has 0 aliphatic rings. The van der Waals surface area contributed by atoms with Crippen molar-refractivity contribution in [1.82, 2.24) is 0 Å². The number of hydrogen-bond donors (Lipinski definition) is 1. The first-order valence-corrected chi connectivity index (χ1v) is 8.80. The van der Waals surface area contributed by atoms with Crippen LogP contribution in [0.4, 0.5) is 0 Å². The number of para-hydroxylation sites is 1. The Hall–Kier alpha value is -2.63. The molecule has 1 N–H and O–H groups in total. The lowest BCUT2D eigenvalue weighted by Crippen LogP contribution is -2.11. The first-order chi connectivity index (χ1) is 11.6. The summed E-state index contributed by atoms with van der Waals surface area (Å²) >= 11 is 0. The van der Waals surface area contributed by atoms with Gasteiger partial charge in [0.2, 0.25) is 0 Å². The first kappa shape index (κ1) is 16.2. The van der Waals surface area contributed by atoms with Crippen molar-refractivity contribution in [2.45, 2.75) is 11.5 Å². The summed E-state index contributed by atoms with van der Waals surface area (Å²) in [6.45, 7) is -0.293. The maximum atomic E-state index is 12.4. The van der Waals surface area contributed by atoms with Gasteiger partial charge >= 0.3 is 10.1 Å². The van der Waals surface area contributed by atoms with Crippen LogP contribution in [0.1, 0.15) is 5.56 Å². The molecule has 0 heterocycles. The molecule has 0 radical (unpaired) electrons. The fourth-order valence-electron chi connectivity index (χ4n) is 2.33. The topological polar surface area (TPSA) is 63.6 Å². The molecule has 3 rings (SSSR count). The van der Waals surface area contributed by atoms with Crippen LogP contribution >= 0.6 is 0 Å². The van der Waals surface area contributed by atoms with Crippen molar-refractivity contribution in [3.05, 3.63) is 84.4 Å². The molecule has 0 saturated heterocycles. The summed E-state index contributed by atoms with van der Waals surface area (Å²) in [7, 11) is -3.96. The molecule has 0 aromatic heterocycles. The van der Waals surface area contributed by atoms with Crippen molar-refractivity contribution in [3.8, 4) is 16.9 Å². The minimum absolute atomic E-state index is 0.0647. The molecule has 0 fully saturated rings. The van der Waals surface area contributed by atoms with Gasteiger partial charge in [-0.15, -0.1) is 0 Å². The van der Waals surface area contributed by atoms with Crippen molar-refractivity contribution in [2.75, 3.05) is 0 Å². The Kier molecular flexibility index (Phi) is 4.64. The summed E-state index contributed by atoms with van der Waals surface area (Å²) in [5, 5.41) is 9.27. The SMILES string of the molecule is O=S(=O)(Oc1ccccc1CO)c1ccc(-c2ccccc2)cc1. The van der Waals surface area contributed by atoms with Gasteiger partial charge in [0.15, 0.2) is 0 Å². The van der Waals surface area contributed by atoms with Crippen LogP contribution in [0.25, 0.3) is 11.1 Å². The molecular formula is C19H16O4S. The van der Waals surface area contributed by atoms with Crippen LogP contribution in [0.15, 0.2) is 83.8 Å². The summed E-state index contributed by atoms with van der Waals surface area (Å²) < 4.78 is 30.0. The van der Waals surface area contributed by atoms with Crippen LogP contribution in [0.5, 0.6) is 5.75 Å². The second-order valence-electron chi connectivity index (χ2n) is 5.19. The quantitative estimate of drug-likeness (QED) is 0.721. The molecular weight excluding hydrogens is 324 g/mol. The molecule has 24 heavy (non-hydrogen) atoms. The molecule has 5 heteroatoms. The van der Waals surface area contributed by atoms with Crippen molar-refractivity contribution >= 4 is 10.1 Å². The molecule has 0 atom stereocenters. The third kappa shape index (κ3) is 3.48. The van der Waals surface area contributed by atoms with E-state index >= 15 is 0 Å². The Morgan fingerprint density at radius 1 is 0.750 bits per heavy atom. The molecule has 0 aliphatic carbocycles. The van der Waals surface area contributed by atoms with Gasteiger partial charge in [0.1, 0.15) is 10.6 Å². The highest BCUT2D eigenvalue weighted by Crippen LogP contribution is 2.25. The maximum absolute atomic E-state index is 12.4. The van der Waals surface area contributed by atoms with E-state index in [9.17, 15) is 13.5 Å². The van der Waals surface area contributed by atoms with Gasteiger partial charge in [0, 0.05) is 5.56 Å². The summed E-state index contributed by atoms with van der Waals surface area (Å²) in [6, 6.07) is 22.7. The standard InChI is InChI=1S/C19H16O4S/c20-14-17-8-4-5-9-19(17)23-24(21,22)18-12-10-16(11-13-18)15-6-2-1-3-7-15/h1-13,20H,14H2. The van der Waals surface area contributed by atoms with Crippen LogP contribution in [-0.2, 0) is 16.7 Å². The Labute approximate surface area is 141 Å². The summed E-state index contributed by atoms with van der Waals surface area (Å²) in [5.41, 5.74) is 2.35. The van der Waals surface area contributed by atoms with E-state index in [4.69, 9.17) is 4.18 Å². The largest absolute Gasteiger partial charge is 0.392 e. The average Bonchev–Trinajstić information content (AvgIpc) is 2.63. The van der Waals surface area contributed by atoms with Crippen molar-refractivity contribution < 1.29 is 17.7 Å². The zero-order valence-corrected chi connectivity index (χ0v) is 13.6.